The normalized spacial score (nSPS) is 16.1. The number of carboxylic acid groups (broad SMARTS) is 1. The maximum atomic E-state index is 11.8. The molecular weight excluding hydrogens is 248 g/mol. The van der Waals surface area contributed by atoms with Crippen molar-refractivity contribution in [2.75, 3.05) is 25.0 Å². The van der Waals surface area contributed by atoms with Crippen LogP contribution in [0.1, 0.15) is 17.8 Å². The number of nitrogens with one attached hydrogen (secondary N) is 2. The summed E-state index contributed by atoms with van der Waals surface area (Å²) >= 11 is 0. The van der Waals surface area contributed by atoms with E-state index in [1.165, 1.54) is 0 Å². The molecule has 1 saturated heterocycles. The molecule has 7 nitrogen and oxygen atoms in total. The van der Waals surface area contributed by atoms with Crippen molar-refractivity contribution in [2.24, 2.45) is 5.92 Å². The molecule has 1 fully saturated rings. The topological polar surface area (TPSA) is 98.3 Å². The second-order valence-electron chi connectivity index (χ2n) is 5.02. The van der Waals surface area contributed by atoms with E-state index in [2.05, 4.69) is 15.5 Å². The highest BCUT2D eigenvalue weighted by molar-refractivity contribution is 5.93. The molecule has 7 heteroatoms. The smallest absolute Gasteiger partial charge is 0.303 e. The van der Waals surface area contributed by atoms with Crippen LogP contribution in [0, 0.1) is 19.8 Å². The molecular formula is C12H18N4O3. The first kappa shape index (κ1) is 13.5. The minimum Gasteiger partial charge on any atom is -0.481 e. The van der Waals surface area contributed by atoms with Crippen molar-refractivity contribution in [3.8, 4) is 0 Å². The minimum absolute atomic E-state index is 0.0959. The molecule has 1 aromatic rings. The van der Waals surface area contributed by atoms with Gasteiger partial charge in [0, 0.05) is 13.1 Å². The van der Waals surface area contributed by atoms with E-state index in [0.29, 0.717) is 19.6 Å². The van der Waals surface area contributed by atoms with Crippen LogP contribution in [0.5, 0.6) is 0 Å². The monoisotopic (exact) mass is 266 g/mol. The van der Waals surface area contributed by atoms with Gasteiger partial charge in [-0.3, -0.25) is 19.6 Å². The molecule has 0 aromatic carbocycles. The van der Waals surface area contributed by atoms with E-state index in [9.17, 15) is 9.59 Å². The molecule has 0 aliphatic carbocycles. The molecule has 1 aromatic heterocycles. The number of H-pyrrole nitrogens is 1. The summed E-state index contributed by atoms with van der Waals surface area (Å²) in [5, 5.41) is 18.3. The first-order chi connectivity index (χ1) is 8.95. The Morgan fingerprint density at radius 1 is 1.47 bits per heavy atom. The lowest BCUT2D eigenvalue weighted by atomic mass is 9.96. The van der Waals surface area contributed by atoms with Crippen molar-refractivity contribution in [3.63, 3.8) is 0 Å². The van der Waals surface area contributed by atoms with Crippen molar-refractivity contribution >= 4 is 17.6 Å². The van der Waals surface area contributed by atoms with Crippen molar-refractivity contribution < 1.29 is 14.7 Å². The first-order valence-electron chi connectivity index (χ1n) is 6.21. The average Bonchev–Trinajstić information content (AvgIpc) is 2.57. The third kappa shape index (κ3) is 3.31. The van der Waals surface area contributed by atoms with Crippen LogP contribution in [0.25, 0.3) is 0 Å². The van der Waals surface area contributed by atoms with Crippen LogP contribution < -0.4 is 5.32 Å². The first-order valence-corrected chi connectivity index (χ1v) is 6.21. The molecule has 1 aliphatic rings. The Hall–Kier alpha value is -1.89. The Kier molecular flexibility index (Phi) is 3.84. The summed E-state index contributed by atoms with van der Waals surface area (Å²) in [7, 11) is 0. The molecule has 104 valence electrons. The van der Waals surface area contributed by atoms with Gasteiger partial charge in [0.1, 0.15) is 0 Å². The number of aromatic nitrogens is 2. The van der Waals surface area contributed by atoms with Crippen LogP contribution in [0.2, 0.25) is 0 Å². The predicted molar refractivity (Wildman–Crippen MR) is 68.9 cm³/mol. The number of hydrogen-bond acceptors (Lipinski definition) is 4. The number of carbonyl (C=O) groups excluding carboxylic acids is 1. The van der Waals surface area contributed by atoms with Crippen molar-refractivity contribution in [3.05, 3.63) is 11.4 Å². The number of aryl methyl sites for hydroxylation is 2. The average molecular weight is 266 g/mol. The van der Waals surface area contributed by atoms with Gasteiger partial charge in [-0.15, -0.1) is 0 Å². The maximum Gasteiger partial charge on any atom is 0.303 e. The second kappa shape index (κ2) is 5.40. The number of anilines is 1. The number of aliphatic carboxylic acids is 1. The van der Waals surface area contributed by atoms with Gasteiger partial charge in [-0.1, -0.05) is 0 Å². The Morgan fingerprint density at radius 2 is 2.16 bits per heavy atom. The number of rotatable bonds is 5. The number of carboxylic acids is 1. The molecule has 2 heterocycles. The standard InChI is InChI=1S/C12H18N4O3/c1-7-12(8(2)15-14-7)13-10(17)6-16-4-9(5-16)3-11(18)19/h9H,3-6H2,1-2H3,(H,13,17)(H,14,15)(H,18,19). The van der Waals surface area contributed by atoms with E-state index in [-0.39, 0.29) is 18.2 Å². The number of likely N-dealkylation sites (tertiary alicyclic amines) is 1. The number of carbonyl (C=O) groups is 2. The number of aromatic amines is 1. The molecule has 2 rings (SSSR count). The van der Waals surface area contributed by atoms with Gasteiger partial charge in [0.05, 0.1) is 30.0 Å². The summed E-state index contributed by atoms with van der Waals surface area (Å²) in [6.07, 6.45) is 0.179. The van der Waals surface area contributed by atoms with E-state index < -0.39 is 5.97 Å². The second-order valence-corrected chi connectivity index (χ2v) is 5.02. The van der Waals surface area contributed by atoms with Crippen molar-refractivity contribution in [2.45, 2.75) is 20.3 Å². The number of hydrogen-bond donors (Lipinski definition) is 3. The van der Waals surface area contributed by atoms with Crippen LogP contribution in [0.15, 0.2) is 0 Å². The largest absolute Gasteiger partial charge is 0.481 e. The van der Waals surface area contributed by atoms with Crippen LogP contribution in [0.4, 0.5) is 5.69 Å². The molecule has 0 saturated carbocycles. The van der Waals surface area contributed by atoms with Gasteiger partial charge in [0.15, 0.2) is 0 Å². The zero-order valence-corrected chi connectivity index (χ0v) is 11.1. The summed E-state index contributed by atoms with van der Waals surface area (Å²) in [4.78, 5) is 24.3. The van der Waals surface area contributed by atoms with E-state index >= 15 is 0 Å². The molecule has 0 atom stereocenters. The van der Waals surface area contributed by atoms with Crippen LogP contribution in [0.3, 0.4) is 0 Å². The zero-order valence-electron chi connectivity index (χ0n) is 11.1. The highest BCUT2D eigenvalue weighted by Gasteiger charge is 2.29. The van der Waals surface area contributed by atoms with Crippen molar-refractivity contribution in [1.82, 2.24) is 15.1 Å². The lowest BCUT2D eigenvalue weighted by Crippen LogP contribution is -2.50. The third-order valence-corrected chi connectivity index (χ3v) is 3.26. The Bertz CT molecular complexity index is 472. The highest BCUT2D eigenvalue weighted by Crippen LogP contribution is 2.19. The van der Waals surface area contributed by atoms with Crippen molar-refractivity contribution in [1.29, 1.82) is 0 Å². The van der Waals surface area contributed by atoms with Gasteiger partial charge in [0.25, 0.3) is 0 Å². The van der Waals surface area contributed by atoms with E-state index in [1.54, 1.807) is 0 Å². The van der Waals surface area contributed by atoms with Gasteiger partial charge in [-0.2, -0.15) is 5.10 Å². The fraction of sp³-hybridized carbons (Fsp3) is 0.583. The van der Waals surface area contributed by atoms with E-state index in [4.69, 9.17) is 5.11 Å². The Balaban J connectivity index is 1.76. The van der Waals surface area contributed by atoms with Gasteiger partial charge >= 0.3 is 5.97 Å². The highest BCUT2D eigenvalue weighted by atomic mass is 16.4. The van der Waals surface area contributed by atoms with Gasteiger partial charge in [0.2, 0.25) is 5.91 Å². The Morgan fingerprint density at radius 3 is 2.68 bits per heavy atom. The molecule has 1 aliphatic heterocycles. The summed E-state index contributed by atoms with van der Waals surface area (Å²) in [5.74, 6) is -0.706. The lowest BCUT2D eigenvalue weighted by molar-refractivity contribution is -0.139. The lowest BCUT2D eigenvalue weighted by Gasteiger charge is -2.37. The van der Waals surface area contributed by atoms with Crippen LogP contribution in [-0.2, 0) is 9.59 Å². The molecule has 0 unspecified atom stereocenters. The van der Waals surface area contributed by atoms with Gasteiger partial charge in [-0.05, 0) is 19.8 Å². The fourth-order valence-electron chi connectivity index (χ4n) is 2.30. The van der Waals surface area contributed by atoms with Crippen LogP contribution in [-0.4, -0.2) is 51.7 Å². The fourth-order valence-corrected chi connectivity index (χ4v) is 2.30. The number of nitrogens with zero attached hydrogens (tertiary/aromatic N) is 2. The predicted octanol–water partition coefficient (Wildman–Crippen LogP) is 0.372. The summed E-state index contributed by atoms with van der Waals surface area (Å²) < 4.78 is 0. The van der Waals surface area contributed by atoms with Gasteiger partial charge < -0.3 is 10.4 Å². The summed E-state index contributed by atoms with van der Waals surface area (Å²) in [5.41, 5.74) is 2.32. The zero-order chi connectivity index (χ0) is 14.0. The summed E-state index contributed by atoms with van der Waals surface area (Å²) in [6, 6.07) is 0. The van der Waals surface area contributed by atoms with E-state index in [1.807, 2.05) is 18.7 Å². The Labute approximate surface area is 111 Å². The minimum atomic E-state index is -0.779. The molecule has 0 bridgehead atoms. The molecule has 3 N–H and O–H groups in total. The summed E-state index contributed by atoms with van der Waals surface area (Å²) in [6.45, 7) is 5.31. The van der Waals surface area contributed by atoms with Crippen LogP contribution >= 0.6 is 0 Å². The quantitative estimate of drug-likeness (QED) is 0.715. The molecule has 19 heavy (non-hydrogen) atoms. The third-order valence-electron chi connectivity index (χ3n) is 3.26. The molecule has 0 radical (unpaired) electrons. The van der Waals surface area contributed by atoms with E-state index in [0.717, 1.165) is 17.1 Å². The number of amides is 1. The maximum absolute atomic E-state index is 11.8. The molecule has 1 amide bonds. The molecule has 0 spiro atoms. The van der Waals surface area contributed by atoms with Gasteiger partial charge in [-0.25, -0.2) is 0 Å². The SMILES string of the molecule is Cc1n[nH]c(C)c1NC(=O)CN1CC(CC(=O)O)C1.